The Bertz CT molecular complexity index is 528. The molecule has 0 bridgehead atoms. The van der Waals surface area contributed by atoms with E-state index in [1.54, 1.807) is 6.07 Å². The molecule has 1 aromatic carbocycles. The molecule has 4 heteroatoms. The standard InChI is InChI=1S/C15H17FN2O/c1-2-14(15-7-6-12(16)9-17-15)18-13-5-3-4-11(8-13)10-19/h3-9,14,18-19H,2,10H2,1H3. The first-order chi connectivity index (χ1) is 9.22. The van der Waals surface area contributed by atoms with Crippen LogP contribution in [0.5, 0.6) is 0 Å². The third-order valence-electron chi connectivity index (χ3n) is 2.97. The lowest BCUT2D eigenvalue weighted by molar-refractivity contribution is 0.282. The smallest absolute Gasteiger partial charge is 0.141 e. The van der Waals surface area contributed by atoms with Crippen molar-refractivity contribution in [1.82, 2.24) is 4.98 Å². The zero-order chi connectivity index (χ0) is 13.7. The van der Waals surface area contributed by atoms with Crippen LogP contribution in [0.15, 0.2) is 42.6 Å². The fourth-order valence-electron chi connectivity index (χ4n) is 1.94. The number of aliphatic hydroxyl groups is 1. The summed E-state index contributed by atoms with van der Waals surface area (Å²) in [5.41, 5.74) is 2.58. The second kappa shape index (κ2) is 6.29. The van der Waals surface area contributed by atoms with Crippen molar-refractivity contribution in [2.24, 2.45) is 0 Å². The minimum atomic E-state index is -0.333. The van der Waals surface area contributed by atoms with Gasteiger partial charge in [-0.2, -0.15) is 0 Å². The Kier molecular flexibility index (Phi) is 4.47. The maximum Gasteiger partial charge on any atom is 0.141 e. The molecule has 0 aliphatic rings. The molecule has 0 saturated heterocycles. The Balaban J connectivity index is 2.16. The summed E-state index contributed by atoms with van der Waals surface area (Å²) in [7, 11) is 0. The summed E-state index contributed by atoms with van der Waals surface area (Å²) in [6, 6.07) is 10.7. The quantitative estimate of drug-likeness (QED) is 0.867. The molecule has 1 unspecified atom stereocenters. The number of nitrogens with one attached hydrogen (secondary N) is 1. The Hall–Kier alpha value is -1.94. The minimum absolute atomic E-state index is 0.0150. The molecular formula is C15H17FN2O. The van der Waals surface area contributed by atoms with Crippen LogP contribution in [0.25, 0.3) is 0 Å². The molecule has 100 valence electrons. The molecule has 2 aromatic rings. The topological polar surface area (TPSA) is 45.1 Å². The third-order valence-corrected chi connectivity index (χ3v) is 2.97. The van der Waals surface area contributed by atoms with Gasteiger partial charge >= 0.3 is 0 Å². The van der Waals surface area contributed by atoms with Gasteiger partial charge in [-0.1, -0.05) is 19.1 Å². The highest BCUT2D eigenvalue weighted by atomic mass is 19.1. The van der Waals surface area contributed by atoms with Gasteiger partial charge in [0, 0.05) is 5.69 Å². The van der Waals surface area contributed by atoms with Crippen LogP contribution in [0.3, 0.4) is 0 Å². The molecule has 0 fully saturated rings. The average molecular weight is 260 g/mol. The normalized spacial score (nSPS) is 12.2. The van der Waals surface area contributed by atoms with E-state index in [2.05, 4.69) is 10.3 Å². The number of benzene rings is 1. The summed E-state index contributed by atoms with van der Waals surface area (Å²) < 4.78 is 12.9. The van der Waals surface area contributed by atoms with Gasteiger partial charge in [0.1, 0.15) is 5.82 Å². The lowest BCUT2D eigenvalue weighted by Gasteiger charge is -2.18. The van der Waals surface area contributed by atoms with E-state index in [4.69, 9.17) is 5.11 Å². The maximum absolute atomic E-state index is 12.9. The molecule has 3 nitrogen and oxygen atoms in total. The van der Waals surface area contributed by atoms with Gasteiger partial charge in [-0.25, -0.2) is 4.39 Å². The highest BCUT2D eigenvalue weighted by Crippen LogP contribution is 2.21. The summed E-state index contributed by atoms with van der Waals surface area (Å²) in [4.78, 5) is 4.10. The number of anilines is 1. The monoisotopic (exact) mass is 260 g/mol. The molecule has 0 amide bonds. The molecule has 19 heavy (non-hydrogen) atoms. The first kappa shape index (κ1) is 13.5. The average Bonchev–Trinajstić information content (AvgIpc) is 2.46. The Morgan fingerprint density at radius 1 is 1.32 bits per heavy atom. The van der Waals surface area contributed by atoms with E-state index in [-0.39, 0.29) is 18.5 Å². The van der Waals surface area contributed by atoms with Crippen molar-refractivity contribution in [3.63, 3.8) is 0 Å². The number of nitrogens with zero attached hydrogens (tertiary/aromatic N) is 1. The highest BCUT2D eigenvalue weighted by molar-refractivity contribution is 5.47. The zero-order valence-electron chi connectivity index (χ0n) is 10.8. The Morgan fingerprint density at radius 2 is 2.16 bits per heavy atom. The molecular weight excluding hydrogens is 243 g/mol. The van der Waals surface area contributed by atoms with Crippen LogP contribution < -0.4 is 5.32 Å². The number of rotatable bonds is 5. The van der Waals surface area contributed by atoms with E-state index >= 15 is 0 Å². The molecule has 2 N–H and O–H groups in total. The fraction of sp³-hybridized carbons (Fsp3) is 0.267. The van der Waals surface area contributed by atoms with Gasteiger partial charge in [-0.15, -0.1) is 0 Å². The number of halogens is 1. The van der Waals surface area contributed by atoms with E-state index < -0.39 is 0 Å². The summed E-state index contributed by atoms with van der Waals surface area (Å²) in [6.45, 7) is 2.06. The molecule has 0 aliphatic carbocycles. The third kappa shape index (κ3) is 3.51. The van der Waals surface area contributed by atoms with Crippen molar-refractivity contribution in [2.45, 2.75) is 26.0 Å². The van der Waals surface area contributed by atoms with Crippen molar-refractivity contribution >= 4 is 5.69 Å². The van der Waals surface area contributed by atoms with Gasteiger partial charge < -0.3 is 10.4 Å². The second-order valence-electron chi connectivity index (χ2n) is 4.36. The molecule has 0 radical (unpaired) electrons. The Morgan fingerprint density at radius 3 is 2.79 bits per heavy atom. The largest absolute Gasteiger partial charge is 0.392 e. The Labute approximate surface area is 112 Å². The zero-order valence-corrected chi connectivity index (χ0v) is 10.8. The second-order valence-corrected chi connectivity index (χ2v) is 4.36. The van der Waals surface area contributed by atoms with Gasteiger partial charge in [0.05, 0.1) is 24.5 Å². The van der Waals surface area contributed by atoms with Gasteiger partial charge in [-0.05, 0) is 36.2 Å². The molecule has 2 rings (SSSR count). The number of hydrogen-bond acceptors (Lipinski definition) is 3. The van der Waals surface area contributed by atoms with Gasteiger partial charge in [-0.3, -0.25) is 4.98 Å². The summed E-state index contributed by atoms with van der Waals surface area (Å²) in [5.74, 6) is -0.333. The SMILES string of the molecule is CCC(Nc1cccc(CO)c1)c1ccc(F)cn1. The summed E-state index contributed by atoms with van der Waals surface area (Å²) >= 11 is 0. The van der Waals surface area contributed by atoms with Gasteiger partial charge in [0.15, 0.2) is 0 Å². The van der Waals surface area contributed by atoms with E-state index in [0.717, 1.165) is 23.4 Å². The summed E-state index contributed by atoms with van der Waals surface area (Å²) in [6.07, 6.45) is 2.06. The first-order valence-corrected chi connectivity index (χ1v) is 6.30. The van der Waals surface area contributed by atoms with E-state index in [9.17, 15) is 4.39 Å². The predicted octanol–water partition coefficient (Wildman–Crippen LogP) is 3.28. The van der Waals surface area contributed by atoms with Crippen molar-refractivity contribution in [3.05, 3.63) is 59.7 Å². The van der Waals surface area contributed by atoms with Crippen molar-refractivity contribution < 1.29 is 9.50 Å². The predicted molar refractivity (Wildman–Crippen MR) is 73.2 cm³/mol. The lowest BCUT2D eigenvalue weighted by Crippen LogP contribution is -2.11. The fourth-order valence-corrected chi connectivity index (χ4v) is 1.94. The van der Waals surface area contributed by atoms with Crippen LogP contribution in [0.4, 0.5) is 10.1 Å². The maximum atomic E-state index is 12.9. The highest BCUT2D eigenvalue weighted by Gasteiger charge is 2.10. The summed E-state index contributed by atoms with van der Waals surface area (Å²) in [5, 5.41) is 12.5. The number of pyridine rings is 1. The molecule has 0 spiro atoms. The van der Waals surface area contributed by atoms with E-state index in [1.165, 1.54) is 12.3 Å². The van der Waals surface area contributed by atoms with Gasteiger partial charge in [0.25, 0.3) is 0 Å². The first-order valence-electron chi connectivity index (χ1n) is 6.30. The molecule has 0 aliphatic heterocycles. The van der Waals surface area contributed by atoms with Crippen LogP contribution in [-0.2, 0) is 6.61 Å². The van der Waals surface area contributed by atoms with Gasteiger partial charge in [0.2, 0.25) is 0 Å². The van der Waals surface area contributed by atoms with E-state index in [0.29, 0.717) is 0 Å². The van der Waals surface area contributed by atoms with Crippen molar-refractivity contribution in [3.8, 4) is 0 Å². The van der Waals surface area contributed by atoms with Crippen molar-refractivity contribution in [2.75, 3.05) is 5.32 Å². The lowest BCUT2D eigenvalue weighted by atomic mass is 10.1. The molecule has 1 aromatic heterocycles. The molecule has 0 saturated carbocycles. The van der Waals surface area contributed by atoms with Crippen LogP contribution >= 0.6 is 0 Å². The minimum Gasteiger partial charge on any atom is -0.392 e. The van der Waals surface area contributed by atoms with Crippen LogP contribution in [0, 0.1) is 5.82 Å². The molecule has 1 heterocycles. The molecule has 1 atom stereocenters. The van der Waals surface area contributed by atoms with Crippen molar-refractivity contribution in [1.29, 1.82) is 0 Å². The van der Waals surface area contributed by atoms with Crippen LogP contribution in [0.1, 0.15) is 30.6 Å². The number of aliphatic hydroxyl groups excluding tert-OH is 1. The van der Waals surface area contributed by atoms with Crippen LogP contribution in [0.2, 0.25) is 0 Å². The van der Waals surface area contributed by atoms with Crippen LogP contribution in [-0.4, -0.2) is 10.1 Å². The number of aromatic nitrogens is 1. The number of hydrogen-bond donors (Lipinski definition) is 2. The van der Waals surface area contributed by atoms with E-state index in [1.807, 2.05) is 31.2 Å².